The predicted octanol–water partition coefficient (Wildman–Crippen LogP) is 2.86. The summed E-state index contributed by atoms with van der Waals surface area (Å²) < 4.78 is 0. The molecule has 2 aromatic carbocycles. The Morgan fingerprint density at radius 3 is 2.62 bits per heavy atom. The number of phenolic OH excluding ortho intramolecular Hbond substituents is 1. The Labute approximate surface area is 142 Å². The van der Waals surface area contributed by atoms with Crippen LogP contribution in [0.2, 0.25) is 0 Å². The number of benzene rings is 2. The lowest BCUT2D eigenvalue weighted by Crippen LogP contribution is -2.39. The maximum absolute atomic E-state index is 12.5. The van der Waals surface area contributed by atoms with Crippen LogP contribution in [0.15, 0.2) is 36.4 Å². The normalized spacial score (nSPS) is 20.1. The first-order chi connectivity index (χ1) is 11.5. The van der Waals surface area contributed by atoms with Crippen molar-refractivity contribution in [2.45, 2.75) is 39.3 Å². The SMILES string of the molecule is Cc1cc(C)c(O)c(C2CC(C(=O)Nc3ccccc3C)NN2)c1. The number of aromatic hydroxyl groups is 1. The van der Waals surface area contributed by atoms with Crippen molar-refractivity contribution in [3.05, 3.63) is 58.7 Å². The van der Waals surface area contributed by atoms with Crippen LogP contribution in [-0.2, 0) is 4.79 Å². The van der Waals surface area contributed by atoms with E-state index in [0.717, 1.165) is 27.9 Å². The number of hydrogen-bond acceptors (Lipinski definition) is 4. The van der Waals surface area contributed by atoms with Crippen LogP contribution < -0.4 is 16.2 Å². The van der Waals surface area contributed by atoms with E-state index < -0.39 is 0 Å². The topological polar surface area (TPSA) is 73.4 Å². The van der Waals surface area contributed by atoms with E-state index in [1.54, 1.807) is 0 Å². The molecule has 0 bridgehead atoms. The van der Waals surface area contributed by atoms with Crippen LogP contribution >= 0.6 is 0 Å². The summed E-state index contributed by atoms with van der Waals surface area (Å²) in [6.45, 7) is 5.85. The van der Waals surface area contributed by atoms with Crippen LogP contribution in [0, 0.1) is 20.8 Å². The number of hydrazine groups is 1. The second-order valence-corrected chi connectivity index (χ2v) is 6.45. The van der Waals surface area contributed by atoms with Crippen molar-refractivity contribution in [3.63, 3.8) is 0 Å². The fourth-order valence-corrected chi connectivity index (χ4v) is 3.12. The molecule has 3 rings (SSSR count). The summed E-state index contributed by atoms with van der Waals surface area (Å²) in [5.74, 6) is 0.211. The van der Waals surface area contributed by atoms with Gasteiger partial charge in [0.1, 0.15) is 11.8 Å². The predicted molar refractivity (Wildman–Crippen MR) is 94.8 cm³/mol. The molecule has 2 aromatic rings. The Hall–Kier alpha value is -2.37. The van der Waals surface area contributed by atoms with E-state index in [1.807, 2.05) is 57.2 Å². The molecule has 4 N–H and O–H groups in total. The molecule has 1 amide bonds. The highest BCUT2D eigenvalue weighted by Gasteiger charge is 2.32. The van der Waals surface area contributed by atoms with Gasteiger partial charge in [0.25, 0.3) is 0 Å². The van der Waals surface area contributed by atoms with Crippen molar-refractivity contribution < 1.29 is 9.90 Å². The number of aryl methyl sites for hydroxylation is 3. The number of rotatable bonds is 3. The average molecular weight is 325 g/mol. The number of carbonyl (C=O) groups is 1. The summed E-state index contributed by atoms with van der Waals surface area (Å²) in [6, 6.07) is 11.2. The number of phenols is 1. The van der Waals surface area contributed by atoms with Crippen LogP contribution in [-0.4, -0.2) is 17.1 Å². The fraction of sp³-hybridized carbons (Fsp3) is 0.316. The maximum Gasteiger partial charge on any atom is 0.242 e. The van der Waals surface area contributed by atoms with Crippen LogP contribution in [0.3, 0.4) is 0 Å². The third kappa shape index (κ3) is 3.27. The monoisotopic (exact) mass is 325 g/mol. The zero-order valence-corrected chi connectivity index (χ0v) is 14.2. The molecule has 1 fully saturated rings. The van der Waals surface area contributed by atoms with E-state index in [9.17, 15) is 9.90 Å². The van der Waals surface area contributed by atoms with E-state index in [0.29, 0.717) is 12.2 Å². The van der Waals surface area contributed by atoms with E-state index in [1.165, 1.54) is 0 Å². The summed E-state index contributed by atoms with van der Waals surface area (Å²) in [5, 5.41) is 13.3. The van der Waals surface area contributed by atoms with Gasteiger partial charge in [-0.2, -0.15) is 0 Å². The lowest BCUT2D eigenvalue weighted by Gasteiger charge is -2.15. The molecule has 5 nitrogen and oxygen atoms in total. The zero-order chi connectivity index (χ0) is 17.3. The molecule has 0 aromatic heterocycles. The van der Waals surface area contributed by atoms with Gasteiger partial charge in [-0.15, -0.1) is 0 Å². The third-order valence-electron chi connectivity index (χ3n) is 4.47. The number of nitrogens with one attached hydrogen (secondary N) is 3. The second-order valence-electron chi connectivity index (χ2n) is 6.45. The molecule has 5 heteroatoms. The molecule has 1 aliphatic rings. The van der Waals surface area contributed by atoms with Crippen molar-refractivity contribution in [1.82, 2.24) is 10.9 Å². The molecular formula is C19H23N3O2. The first-order valence-electron chi connectivity index (χ1n) is 8.13. The number of para-hydroxylation sites is 1. The molecule has 1 aliphatic heterocycles. The highest BCUT2D eigenvalue weighted by molar-refractivity contribution is 5.95. The fourth-order valence-electron chi connectivity index (χ4n) is 3.12. The molecule has 24 heavy (non-hydrogen) atoms. The maximum atomic E-state index is 12.5. The van der Waals surface area contributed by atoms with Gasteiger partial charge in [0, 0.05) is 11.3 Å². The van der Waals surface area contributed by atoms with Gasteiger partial charge in [-0.05, 0) is 44.4 Å². The standard InChI is InChI=1S/C19H23N3O2/c1-11-8-13(3)18(23)14(9-11)16-10-17(22-21-16)19(24)20-15-7-5-4-6-12(15)2/h4-9,16-17,21-23H,10H2,1-3H3,(H,20,24). The summed E-state index contributed by atoms with van der Waals surface area (Å²) in [4.78, 5) is 12.5. The van der Waals surface area contributed by atoms with Gasteiger partial charge in [-0.25, -0.2) is 10.9 Å². The van der Waals surface area contributed by atoms with Gasteiger partial charge < -0.3 is 10.4 Å². The van der Waals surface area contributed by atoms with Gasteiger partial charge in [-0.1, -0.05) is 35.9 Å². The van der Waals surface area contributed by atoms with E-state index >= 15 is 0 Å². The van der Waals surface area contributed by atoms with Gasteiger partial charge in [0.2, 0.25) is 5.91 Å². The lowest BCUT2D eigenvalue weighted by molar-refractivity contribution is -0.117. The first-order valence-corrected chi connectivity index (χ1v) is 8.13. The Balaban J connectivity index is 1.72. The van der Waals surface area contributed by atoms with Crippen LogP contribution in [0.4, 0.5) is 5.69 Å². The van der Waals surface area contributed by atoms with Gasteiger partial charge in [0.15, 0.2) is 0 Å². The second kappa shape index (κ2) is 6.63. The summed E-state index contributed by atoms with van der Waals surface area (Å²) in [5.41, 5.74) is 10.8. The van der Waals surface area contributed by atoms with Crippen LogP contribution in [0.25, 0.3) is 0 Å². The average Bonchev–Trinajstić information content (AvgIpc) is 3.03. The van der Waals surface area contributed by atoms with Crippen molar-refractivity contribution in [2.75, 3.05) is 5.32 Å². The molecule has 1 saturated heterocycles. The summed E-state index contributed by atoms with van der Waals surface area (Å²) >= 11 is 0. The Kier molecular flexibility index (Phi) is 4.55. The quantitative estimate of drug-likeness (QED) is 0.700. The zero-order valence-electron chi connectivity index (χ0n) is 14.2. The molecule has 1 heterocycles. The van der Waals surface area contributed by atoms with Crippen LogP contribution in [0.5, 0.6) is 5.75 Å². The molecule has 0 radical (unpaired) electrons. The van der Waals surface area contributed by atoms with Crippen molar-refractivity contribution in [1.29, 1.82) is 0 Å². The van der Waals surface area contributed by atoms with E-state index in [-0.39, 0.29) is 18.0 Å². The molecule has 0 spiro atoms. The molecule has 0 saturated carbocycles. The lowest BCUT2D eigenvalue weighted by atomic mass is 9.96. The van der Waals surface area contributed by atoms with Gasteiger partial charge in [0.05, 0.1) is 6.04 Å². The number of hydrogen-bond donors (Lipinski definition) is 4. The van der Waals surface area contributed by atoms with Crippen LogP contribution in [0.1, 0.15) is 34.7 Å². The molecular weight excluding hydrogens is 302 g/mol. The van der Waals surface area contributed by atoms with E-state index in [2.05, 4.69) is 16.2 Å². The van der Waals surface area contributed by atoms with E-state index in [4.69, 9.17) is 0 Å². The highest BCUT2D eigenvalue weighted by atomic mass is 16.3. The molecule has 126 valence electrons. The first kappa shape index (κ1) is 16.5. The largest absolute Gasteiger partial charge is 0.507 e. The Morgan fingerprint density at radius 2 is 1.88 bits per heavy atom. The molecule has 2 atom stereocenters. The van der Waals surface area contributed by atoms with Crippen molar-refractivity contribution >= 4 is 11.6 Å². The smallest absolute Gasteiger partial charge is 0.242 e. The number of amides is 1. The summed E-state index contributed by atoms with van der Waals surface area (Å²) in [7, 11) is 0. The molecule has 0 aliphatic carbocycles. The minimum absolute atomic E-state index is 0.0804. The Morgan fingerprint density at radius 1 is 1.12 bits per heavy atom. The van der Waals surface area contributed by atoms with Crippen molar-refractivity contribution in [2.24, 2.45) is 0 Å². The minimum Gasteiger partial charge on any atom is -0.507 e. The van der Waals surface area contributed by atoms with Crippen molar-refractivity contribution in [3.8, 4) is 5.75 Å². The van der Waals surface area contributed by atoms with Gasteiger partial charge in [-0.3, -0.25) is 4.79 Å². The minimum atomic E-state index is -0.352. The Bertz CT molecular complexity index is 773. The summed E-state index contributed by atoms with van der Waals surface area (Å²) in [6.07, 6.45) is 0.578. The van der Waals surface area contributed by atoms with Gasteiger partial charge >= 0.3 is 0 Å². The number of anilines is 1. The molecule has 2 unspecified atom stereocenters. The third-order valence-corrected chi connectivity index (χ3v) is 4.47. The number of carbonyl (C=O) groups excluding carboxylic acids is 1. The highest BCUT2D eigenvalue weighted by Crippen LogP contribution is 2.33.